The van der Waals surface area contributed by atoms with E-state index in [0.29, 0.717) is 67.2 Å². The van der Waals surface area contributed by atoms with Crippen molar-refractivity contribution in [3.63, 3.8) is 0 Å². The molecule has 50 heavy (non-hydrogen) atoms. The Morgan fingerprint density at radius 3 is 2.14 bits per heavy atom. The molecule has 3 heterocycles. The number of carbonyl (C=O) groups excluding carboxylic acids is 1. The van der Waals surface area contributed by atoms with Gasteiger partial charge in [-0.1, -0.05) is 32.9 Å². The van der Waals surface area contributed by atoms with Gasteiger partial charge >= 0.3 is 6.03 Å². The summed E-state index contributed by atoms with van der Waals surface area (Å²) in [6.45, 7) is 15.3. The van der Waals surface area contributed by atoms with Crippen molar-refractivity contribution in [3.05, 3.63) is 71.5 Å². The first kappa shape index (κ1) is 36.5. The fourth-order valence-electron chi connectivity index (χ4n) is 5.59. The molecule has 268 valence electrons. The summed E-state index contributed by atoms with van der Waals surface area (Å²) in [6.07, 6.45) is 2.45. The second-order valence-corrected chi connectivity index (χ2v) is 18.6. The van der Waals surface area contributed by atoms with Crippen LogP contribution in [-0.2, 0) is 17.4 Å². The number of rotatable bonds is 14. The van der Waals surface area contributed by atoms with E-state index in [9.17, 15) is 4.79 Å². The van der Waals surface area contributed by atoms with Crippen LogP contribution in [0.5, 0.6) is 23.0 Å². The first-order valence-corrected chi connectivity index (χ1v) is 19.7. The number of methoxy groups -OCH3 is 4. The Morgan fingerprint density at radius 2 is 1.54 bits per heavy atom. The molecule has 1 saturated heterocycles. The predicted octanol–water partition coefficient (Wildman–Crippen LogP) is 7.36. The topological polar surface area (TPSA) is 112 Å². The number of anilines is 3. The molecule has 12 nitrogen and oxygen atoms in total. The summed E-state index contributed by atoms with van der Waals surface area (Å²) >= 11 is 0. The lowest BCUT2D eigenvalue weighted by molar-refractivity contribution is 0.218. The van der Waals surface area contributed by atoms with Crippen molar-refractivity contribution >= 4 is 31.7 Å². The smallest absolute Gasteiger partial charge is 0.326 e. The Hall–Kier alpha value is -4.75. The zero-order chi connectivity index (χ0) is 36.2. The predicted molar refractivity (Wildman–Crippen MR) is 198 cm³/mol. The average molecular weight is 703 g/mol. The largest absolute Gasteiger partial charge is 0.497 e. The summed E-state index contributed by atoms with van der Waals surface area (Å²) in [5.41, 5.74) is 4.17. The van der Waals surface area contributed by atoms with Gasteiger partial charge in [0.05, 0.1) is 34.1 Å². The molecular formula is C37H50N6O6Si. The SMILES string of the molecule is COc1ccc(CN2CCN(c3ccn(-c4cc(C)nc(Nc5c(OC)cc(OC)cc5OC)c4CCO[Si](C)(C)C(C)(C)C)n3)C2=O)cc1. The average Bonchev–Trinajstić information content (AvgIpc) is 3.71. The molecule has 0 unspecified atom stereocenters. The molecule has 2 amide bonds. The van der Waals surface area contributed by atoms with Crippen molar-refractivity contribution in [3.8, 4) is 28.7 Å². The third-order valence-electron chi connectivity index (χ3n) is 9.53. The molecule has 2 aromatic heterocycles. The number of benzene rings is 2. The Bertz CT molecular complexity index is 1780. The van der Waals surface area contributed by atoms with Crippen molar-refractivity contribution < 1.29 is 28.2 Å². The van der Waals surface area contributed by atoms with E-state index < -0.39 is 8.32 Å². The van der Waals surface area contributed by atoms with Crippen LogP contribution in [0, 0.1) is 6.92 Å². The molecule has 1 aliphatic rings. The van der Waals surface area contributed by atoms with E-state index in [1.165, 1.54) is 0 Å². The van der Waals surface area contributed by atoms with Crippen LogP contribution in [0.25, 0.3) is 5.69 Å². The summed E-state index contributed by atoms with van der Waals surface area (Å²) in [6, 6.07) is 15.2. The van der Waals surface area contributed by atoms with Gasteiger partial charge in [-0.05, 0) is 48.8 Å². The van der Waals surface area contributed by atoms with Crippen molar-refractivity contribution in [1.82, 2.24) is 19.7 Å². The Morgan fingerprint density at radius 1 is 0.880 bits per heavy atom. The Labute approximate surface area is 296 Å². The lowest BCUT2D eigenvalue weighted by Gasteiger charge is -2.36. The number of carbonyl (C=O) groups is 1. The van der Waals surface area contributed by atoms with E-state index in [-0.39, 0.29) is 11.1 Å². The molecule has 0 radical (unpaired) electrons. The van der Waals surface area contributed by atoms with E-state index in [1.54, 1.807) is 45.5 Å². The molecule has 2 aromatic carbocycles. The van der Waals surface area contributed by atoms with E-state index in [4.69, 9.17) is 33.5 Å². The van der Waals surface area contributed by atoms with E-state index in [0.717, 1.165) is 28.3 Å². The molecule has 0 bridgehead atoms. The molecule has 4 aromatic rings. The maximum atomic E-state index is 13.6. The molecule has 1 fully saturated rings. The highest BCUT2D eigenvalue weighted by molar-refractivity contribution is 6.74. The monoisotopic (exact) mass is 702 g/mol. The Kier molecular flexibility index (Phi) is 11.0. The number of aromatic nitrogens is 3. The van der Waals surface area contributed by atoms with E-state index in [2.05, 4.69) is 39.2 Å². The van der Waals surface area contributed by atoms with Crippen molar-refractivity contribution in [1.29, 1.82) is 0 Å². The zero-order valence-corrected chi connectivity index (χ0v) is 31.9. The minimum atomic E-state index is -2.03. The number of hydrogen-bond donors (Lipinski definition) is 1. The van der Waals surface area contributed by atoms with Gasteiger partial charge in [0, 0.05) is 68.3 Å². The molecule has 0 aliphatic carbocycles. The van der Waals surface area contributed by atoms with Gasteiger partial charge < -0.3 is 33.6 Å². The third-order valence-corrected chi connectivity index (χ3v) is 14.1. The van der Waals surface area contributed by atoms with Crippen LogP contribution in [-0.4, -0.2) is 82.1 Å². The highest BCUT2D eigenvalue weighted by Crippen LogP contribution is 2.42. The number of pyridine rings is 1. The molecule has 1 N–H and O–H groups in total. The standard InChI is InChI=1S/C37H50N6O6Si/c1-25-21-30(43-17-15-33(40-43)42-19-18-41(36(42)44)24-26-11-13-27(45-5)14-12-26)29(16-20-49-50(9,10)37(2,3)4)35(38-25)39-34-31(47-7)22-28(46-6)23-32(34)48-8/h11-15,17,21-23H,16,18-20,24H2,1-10H3,(H,38,39). The van der Waals surface area contributed by atoms with Gasteiger partial charge in [-0.2, -0.15) is 0 Å². The fraction of sp³-hybridized carbons (Fsp3) is 0.432. The van der Waals surface area contributed by atoms with Crippen LogP contribution in [0.4, 0.5) is 22.1 Å². The number of ether oxygens (including phenoxy) is 4. The first-order chi connectivity index (χ1) is 23.8. The molecule has 1 aliphatic heterocycles. The van der Waals surface area contributed by atoms with Crippen LogP contribution < -0.4 is 29.2 Å². The maximum absolute atomic E-state index is 13.6. The van der Waals surface area contributed by atoms with Gasteiger partial charge in [0.1, 0.15) is 34.5 Å². The zero-order valence-electron chi connectivity index (χ0n) is 30.9. The molecule has 13 heteroatoms. The number of nitrogens with zero attached hydrogens (tertiary/aromatic N) is 5. The molecular weight excluding hydrogens is 653 g/mol. The number of urea groups is 1. The second kappa shape index (κ2) is 15.0. The van der Waals surface area contributed by atoms with Crippen LogP contribution in [0.2, 0.25) is 18.1 Å². The lowest BCUT2D eigenvalue weighted by Crippen LogP contribution is -2.41. The van der Waals surface area contributed by atoms with Crippen LogP contribution in [0.3, 0.4) is 0 Å². The summed E-state index contributed by atoms with van der Waals surface area (Å²) in [4.78, 5) is 22.1. The quantitative estimate of drug-likeness (QED) is 0.135. The van der Waals surface area contributed by atoms with Gasteiger partial charge in [-0.3, -0.25) is 4.90 Å². The van der Waals surface area contributed by atoms with Gasteiger partial charge in [0.15, 0.2) is 14.1 Å². The number of nitrogens with one attached hydrogen (secondary N) is 1. The van der Waals surface area contributed by atoms with Crippen LogP contribution >= 0.6 is 0 Å². The first-order valence-electron chi connectivity index (χ1n) is 16.8. The molecule has 5 rings (SSSR count). The number of aryl methyl sites for hydroxylation is 1. The van der Waals surface area contributed by atoms with Gasteiger partial charge in [-0.25, -0.2) is 14.5 Å². The van der Waals surface area contributed by atoms with Crippen LogP contribution in [0.1, 0.15) is 37.6 Å². The summed E-state index contributed by atoms with van der Waals surface area (Å²) in [7, 11) is 4.41. The van der Waals surface area contributed by atoms with Gasteiger partial charge in [-0.15, -0.1) is 5.10 Å². The normalized spacial score (nSPS) is 13.5. The fourth-order valence-corrected chi connectivity index (χ4v) is 6.64. The maximum Gasteiger partial charge on any atom is 0.326 e. The minimum Gasteiger partial charge on any atom is -0.497 e. The number of hydrogen-bond acceptors (Lipinski definition) is 9. The third kappa shape index (κ3) is 7.84. The highest BCUT2D eigenvalue weighted by Gasteiger charge is 2.37. The molecule has 0 saturated carbocycles. The van der Waals surface area contributed by atoms with Crippen molar-refractivity contribution in [2.75, 3.05) is 58.4 Å². The number of amides is 2. The summed E-state index contributed by atoms with van der Waals surface area (Å²) in [5, 5.41) is 8.52. The highest BCUT2D eigenvalue weighted by atomic mass is 28.4. The summed E-state index contributed by atoms with van der Waals surface area (Å²) in [5.74, 6) is 3.68. The second-order valence-electron chi connectivity index (χ2n) is 13.8. The van der Waals surface area contributed by atoms with Gasteiger partial charge in [0.2, 0.25) is 0 Å². The van der Waals surface area contributed by atoms with Crippen LogP contribution in [0.15, 0.2) is 54.7 Å². The van der Waals surface area contributed by atoms with Crippen molar-refractivity contribution in [2.45, 2.75) is 58.8 Å². The lowest BCUT2D eigenvalue weighted by atomic mass is 10.1. The van der Waals surface area contributed by atoms with E-state index in [1.807, 2.05) is 59.1 Å². The van der Waals surface area contributed by atoms with Crippen molar-refractivity contribution in [2.24, 2.45) is 0 Å². The Balaban J connectivity index is 1.48. The van der Waals surface area contributed by atoms with Gasteiger partial charge in [0.25, 0.3) is 0 Å². The summed E-state index contributed by atoms with van der Waals surface area (Å²) < 4.78 is 30.7. The van der Waals surface area contributed by atoms with E-state index >= 15 is 0 Å². The molecule has 0 atom stereocenters. The molecule has 0 spiro atoms. The minimum absolute atomic E-state index is 0.0622.